The molecule has 7 heteroatoms. The lowest BCUT2D eigenvalue weighted by Gasteiger charge is -2.38. The van der Waals surface area contributed by atoms with Crippen molar-refractivity contribution in [1.82, 2.24) is 0 Å². The van der Waals surface area contributed by atoms with Gasteiger partial charge in [-0.25, -0.2) is 9.56 Å². The molecule has 128 valence electrons. The first-order valence-electron chi connectivity index (χ1n) is 7.59. The Morgan fingerprint density at radius 2 is 2.23 bits per heavy atom. The number of hydrogen-bond acceptors (Lipinski definition) is 6. The lowest BCUT2D eigenvalue weighted by molar-refractivity contribution is -0.284. The monoisotopic (exact) mass is 350 g/mol. The molecular weight excluding hydrogens is 323 g/mol. The molecular formula is C15H27O5PS. The molecule has 0 aromatic rings. The molecule has 6 unspecified atom stereocenters. The number of hydrogen-bond donors (Lipinski definition) is 0. The first-order valence-corrected chi connectivity index (χ1v) is 10.2. The fourth-order valence-corrected chi connectivity index (χ4v) is 5.09. The molecule has 6 atom stereocenters. The Morgan fingerprint density at radius 3 is 2.77 bits per heavy atom. The summed E-state index contributed by atoms with van der Waals surface area (Å²) in [4.78, 5) is 15.8. The van der Waals surface area contributed by atoms with Crippen molar-refractivity contribution in [1.29, 1.82) is 0 Å². The summed E-state index contributed by atoms with van der Waals surface area (Å²) in [5, 5.41) is 1.66. The van der Waals surface area contributed by atoms with Gasteiger partial charge in [0.05, 0.1) is 14.8 Å². The summed E-state index contributed by atoms with van der Waals surface area (Å²) in [6, 6.07) is 0. The smallest absolute Gasteiger partial charge is 0.293 e. The molecule has 22 heavy (non-hydrogen) atoms. The molecule has 0 N–H and O–H groups in total. The molecule has 1 heterocycles. The van der Waals surface area contributed by atoms with Crippen molar-refractivity contribution in [3.8, 4) is 0 Å². The van der Waals surface area contributed by atoms with E-state index in [1.54, 1.807) is 5.41 Å². The molecule has 0 bridgehead atoms. The van der Waals surface area contributed by atoms with Gasteiger partial charge in [-0.3, -0.25) is 4.79 Å². The van der Waals surface area contributed by atoms with Gasteiger partial charge in [0.2, 0.25) is 0 Å². The molecule has 0 aromatic heterocycles. The predicted molar refractivity (Wildman–Crippen MR) is 90.5 cm³/mol. The average molecular weight is 350 g/mol. The molecule has 0 radical (unpaired) electrons. The highest BCUT2D eigenvalue weighted by Crippen LogP contribution is 2.56. The highest BCUT2D eigenvalue weighted by molar-refractivity contribution is 7.97. The van der Waals surface area contributed by atoms with Crippen LogP contribution < -0.4 is 0 Å². The third-order valence-electron chi connectivity index (χ3n) is 3.96. The van der Waals surface area contributed by atoms with Gasteiger partial charge in [0, 0.05) is 23.6 Å². The Morgan fingerprint density at radius 1 is 1.50 bits per heavy atom. The van der Waals surface area contributed by atoms with Crippen LogP contribution in [0.1, 0.15) is 33.6 Å². The van der Waals surface area contributed by atoms with E-state index in [1.165, 1.54) is 18.5 Å². The summed E-state index contributed by atoms with van der Waals surface area (Å²) in [6.07, 6.45) is 2.04. The van der Waals surface area contributed by atoms with E-state index in [-0.39, 0.29) is 12.2 Å². The molecule has 5 nitrogen and oxygen atoms in total. The second-order valence-corrected chi connectivity index (χ2v) is 8.26. The molecule has 2 fully saturated rings. The van der Waals surface area contributed by atoms with Crippen molar-refractivity contribution in [3.63, 3.8) is 0 Å². The van der Waals surface area contributed by atoms with Crippen LogP contribution in [0.25, 0.3) is 0 Å². The van der Waals surface area contributed by atoms with E-state index in [1.807, 2.05) is 13.8 Å². The Kier molecular flexibility index (Phi) is 9.60. The van der Waals surface area contributed by atoms with Crippen LogP contribution in [0.5, 0.6) is 0 Å². The maximum atomic E-state index is 10.4. The van der Waals surface area contributed by atoms with Crippen molar-refractivity contribution in [2.45, 2.75) is 51.5 Å². The Bertz CT molecular complexity index is 344. The zero-order valence-electron chi connectivity index (χ0n) is 13.8. The van der Waals surface area contributed by atoms with Gasteiger partial charge in [-0.15, -0.1) is 0 Å². The van der Waals surface area contributed by atoms with Gasteiger partial charge in [-0.1, -0.05) is 13.5 Å². The maximum absolute atomic E-state index is 10.4. The maximum Gasteiger partial charge on any atom is 0.293 e. The van der Waals surface area contributed by atoms with Gasteiger partial charge in [0.1, 0.15) is 12.2 Å². The summed E-state index contributed by atoms with van der Waals surface area (Å²) in [7, 11) is -0.485. The number of ether oxygens (including phenoxy) is 1. The van der Waals surface area contributed by atoms with Crippen LogP contribution in [0.3, 0.4) is 0 Å². The van der Waals surface area contributed by atoms with Crippen LogP contribution in [0.4, 0.5) is 0 Å². The van der Waals surface area contributed by atoms with Crippen molar-refractivity contribution in [3.05, 3.63) is 12.0 Å². The molecule has 2 aliphatic rings. The van der Waals surface area contributed by atoms with Gasteiger partial charge in [-0.2, -0.15) is 0 Å². The normalized spacial score (nSPS) is 34.8. The van der Waals surface area contributed by atoms with E-state index in [2.05, 4.69) is 20.2 Å². The zero-order chi connectivity index (χ0) is 16.5. The van der Waals surface area contributed by atoms with E-state index in [9.17, 15) is 4.79 Å². The van der Waals surface area contributed by atoms with Crippen LogP contribution in [0.15, 0.2) is 12.0 Å². The zero-order valence-corrected chi connectivity index (χ0v) is 15.5. The highest BCUT2D eigenvalue weighted by atomic mass is 32.2. The van der Waals surface area contributed by atoms with Gasteiger partial charge < -0.3 is 8.92 Å². The first kappa shape index (κ1) is 19.9. The molecule has 0 spiro atoms. The van der Waals surface area contributed by atoms with E-state index in [0.29, 0.717) is 18.0 Å². The summed E-state index contributed by atoms with van der Waals surface area (Å²) in [5.41, 5.74) is 0.599. The summed E-state index contributed by atoms with van der Waals surface area (Å²) in [5.74, 6) is 1.20. The van der Waals surface area contributed by atoms with Crippen LogP contribution in [-0.4, -0.2) is 37.6 Å². The Labute approximate surface area is 139 Å². The molecule has 1 saturated heterocycles. The van der Waals surface area contributed by atoms with Gasteiger partial charge in [-0.05, 0) is 44.7 Å². The summed E-state index contributed by atoms with van der Waals surface area (Å²) in [6.45, 7) is 12.9. The van der Waals surface area contributed by atoms with Gasteiger partial charge in [0.25, 0.3) is 6.47 Å². The summed E-state index contributed by atoms with van der Waals surface area (Å²) >= 11 is 1.27. The second-order valence-electron chi connectivity index (χ2n) is 5.60. The minimum absolute atomic E-state index is 0.0983. The van der Waals surface area contributed by atoms with Crippen LogP contribution in [0, 0.1) is 11.8 Å². The highest BCUT2D eigenvalue weighted by Gasteiger charge is 2.47. The SMILES string of the molecule is C=CSOCC.CC1CC2C(C(C)OC=O)OOP(C)C2C1. The van der Waals surface area contributed by atoms with Crippen molar-refractivity contribution < 1.29 is 23.3 Å². The van der Waals surface area contributed by atoms with Crippen molar-refractivity contribution in [2.75, 3.05) is 13.3 Å². The van der Waals surface area contributed by atoms with Crippen molar-refractivity contribution in [2.24, 2.45) is 11.8 Å². The number of fused-ring (bicyclic) bond motifs is 1. The Hall–Kier alpha value is -0.130. The lowest BCUT2D eigenvalue weighted by Crippen LogP contribution is -2.42. The Balaban J connectivity index is 0.000000346. The largest absolute Gasteiger partial charge is 0.462 e. The van der Waals surface area contributed by atoms with Crippen LogP contribution >= 0.6 is 20.2 Å². The van der Waals surface area contributed by atoms with Gasteiger partial charge in [0.15, 0.2) is 0 Å². The fraction of sp³-hybridized carbons (Fsp3) is 0.800. The van der Waals surface area contributed by atoms with E-state index in [0.717, 1.165) is 18.9 Å². The predicted octanol–water partition coefficient (Wildman–Crippen LogP) is 4.13. The molecule has 0 amide bonds. The summed E-state index contributed by atoms with van der Waals surface area (Å²) < 4.78 is 15.2. The van der Waals surface area contributed by atoms with Gasteiger partial charge >= 0.3 is 0 Å². The third-order valence-corrected chi connectivity index (χ3v) is 6.32. The van der Waals surface area contributed by atoms with E-state index in [4.69, 9.17) is 18.5 Å². The first-order chi connectivity index (χ1) is 10.5. The molecule has 1 aliphatic heterocycles. The lowest BCUT2D eigenvalue weighted by atomic mass is 9.95. The van der Waals surface area contributed by atoms with Crippen molar-refractivity contribution >= 4 is 26.7 Å². The quantitative estimate of drug-likeness (QED) is 0.236. The topological polar surface area (TPSA) is 54.0 Å². The van der Waals surface area contributed by atoms with Crippen LogP contribution in [0.2, 0.25) is 0 Å². The minimum Gasteiger partial charge on any atom is -0.462 e. The standard InChI is InChI=1S/C11H19O4P.C4H8OS/c1-7-4-9-10(5-7)16(3)15-14-11(9)8(2)13-6-12;1-3-5-6-4-2/h6-11H,4-5H2,1-3H3;4H,2-3H2,1H3. The average Bonchev–Trinajstić information content (AvgIpc) is 2.88. The molecule has 2 rings (SSSR count). The van der Waals surface area contributed by atoms with E-state index >= 15 is 0 Å². The molecule has 1 aliphatic carbocycles. The van der Waals surface area contributed by atoms with Crippen LogP contribution in [-0.2, 0) is 23.3 Å². The number of rotatable bonds is 6. The molecule has 0 aromatic carbocycles. The minimum atomic E-state index is -0.485. The number of carbonyl (C=O) groups is 1. The fourth-order valence-electron chi connectivity index (χ4n) is 3.03. The number of carbonyl (C=O) groups excluding carboxylic acids is 1. The second kappa shape index (κ2) is 10.6. The van der Waals surface area contributed by atoms with E-state index < -0.39 is 8.15 Å². The third kappa shape index (κ3) is 5.82. The molecule has 1 saturated carbocycles.